The van der Waals surface area contributed by atoms with Crippen LogP contribution in [0.5, 0.6) is 11.5 Å². The number of benzene rings is 1. The van der Waals surface area contributed by atoms with Crippen LogP contribution in [0.3, 0.4) is 0 Å². The molecule has 0 unspecified atom stereocenters. The first-order valence-electron chi connectivity index (χ1n) is 14.8. The lowest BCUT2D eigenvalue weighted by atomic mass is 9.85. The van der Waals surface area contributed by atoms with Gasteiger partial charge >= 0.3 is 6.09 Å². The van der Waals surface area contributed by atoms with Crippen LogP contribution in [0.1, 0.15) is 69.7 Å². The maximum absolute atomic E-state index is 14.1. The molecule has 0 atom stereocenters. The van der Waals surface area contributed by atoms with Gasteiger partial charge in [0.25, 0.3) is 5.91 Å². The molecule has 224 valence electrons. The fraction of sp³-hybridized carbons (Fsp3) is 0.600. The van der Waals surface area contributed by atoms with Crippen molar-refractivity contribution in [2.75, 3.05) is 38.0 Å². The van der Waals surface area contributed by atoms with Gasteiger partial charge in [0.1, 0.15) is 17.9 Å². The monoisotopic (exact) mass is 570 g/mol. The number of rotatable bonds is 11. The zero-order chi connectivity index (χ0) is 29.4. The zero-order valence-electron chi connectivity index (χ0n) is 24.3. The standard InChI is InChI=1S/C30H43FN6O4/c1-4-37(20(2)3)29(38)25-15-23(31)7-10-26(25)41-27-17-32-19-34-28(27)33-16-21-11-13-36(14-12-21)18-22-5-8-24(9-6-22)35-30(39)40/h7,10,15,17,19-22,24,35H,4-6,8-9,11-14,16,18H2,1-3H3,(H,39,40)(H,32,33,34)/t22-,24-. The van der Waals surface area contributed by atoms with Crippen LogP contribution in [0.25, 0.3) is 0 Å². The topological polar surface area (TPSA) is 120 Å². The number of hydrogen-bond donors (Lipinski definition) is 3. The van der Waals surface area contributed by atoms with Crippen LogP contribution in [0.2, 0.25) is 0 Å². The average molecular weight is 571 g/mol. The summed E-state index contributed by atoms with van der Waals surface area (Å²) >= 11 is 0. The molecule has 1 saturated carbocycles. The largest absolute Gasteiger partial charge is 0.465 e. The van der Waals surface area contributed by atoms with E-state index in [9.17, 15) is 14.0 Å². The van der Waals surface area contributed by atoms with E-state index in [2.05, 4.69) is 25.5 Å². The summed E-state index contributed by atoms with van der Waals surface area (Å²) in [5.41, 5.74) is 0.161. The molecule has 3 N–H and O–H groups in total. The summed E-state index contributed by atoms with van der Waals surface area (Å²) in [6, 6.07) is 4.02. The molecule has 0 bridgehead atoms. The first-order chi connectivity index (χ1) is 19.7. The molecule has 4 rings (SSSR count). The van der Waals surface area contributed by atoms with Gasteiger partial charge in [-0.25, -0.2) is 19.2 Å². The van der Waals surface area contributed by atoms with Crippen molar-refractivity contribution >= 4 is 17.8 Å². The van der Waals surface area contributed by atoms with E-state index in [1.165, 1.54) is 24.5 Å². The van der Waals surface area contributed by atoms with Crippen LogP contribution in [0.4, 0.5) is 15.0 Å². The Kier molecular flexibility index (Phi) is 10.7. The lowest BCUT2D eigenvalue weighted by molar-refractivity contribution is 0.0713. The fourth-order valence-corrected chi connectivity index (χ4v) is 5.94. The molecule has 41 heavy (non-hydrogen) atoms. The van der Waals surface area contributed by atoms with Crippen molar-refractivity contribution < 1.29 is 23.8 Å². The average Bonchev–Trinajstić information content (AvgIpc) is 2.95. The van der Waals surface area contributed by atoms with Gasteiger partial charge in [-0.15, -0.1) is 0 Å². The van der Waals surface area contributed by atoms with Crippen molar-refractivity contribution in [1.29, 1.82) is 0 Å². The highest BCUT2D eigenvalue weighted by molar-refractivity contribution is 5.97. The lowest BCUT2D eigenvalue weighted by Crippen LogP contribution is -2.41. The summed E-state index contributed by atoms with van der Waals surface area (Å²) in [6.07, 6.45) is 8.20. The second-order valence-corrected chi connectivity index (χ2v) is 11.5. The summed E-state index contributed by atoms with van der Waals surface area (Å²) in [5, 5.41) is 15.0. The highest BCUT2D eigenvalue weighted by atomic mass is 19.1. The van der Waals surface area contributed by atoms with E-state index in [1.807, 2.05) is 20.8 Å². The van der Waals surface area contributed by atoms with Crippen LogP contribution >= 0.6 is 0 Å². The minimum atomic E-state index is -0.926. The van der Waals surface area contributed by atoms with Crippen LogP contribution < -0.4 is 15.4 Å². The number of carboxylic acid groups (broad SMARTS) is 1. The third-order valence-corrected chi connectivity index (χ3v) is 8.25. The van der Waals surface area contributed by atoms with Crippen molar-refractivity contribution in [3.63, 3.8) is 0 Å². The quantitative estimate of drug-likeness (QED) is 0.336. The Hall–Kier alpha value is -3.47. The van der Waals surface area contributed by atoms with E-state index in [4.69, 9.17) is 9.84 Å². The Labute approximate surface area is 241 Å². The van der Waals surface area contributed by atoms with Gasteiger partial charge in [0.2, 0.25) is 0 Å². The minimum absolute atomic E-state index is 0.0385. The number of hydrogen-bond acceptors (Lipinski definition) is 7. The number of halogens is 1. The number of carbonyl (C=O) groups excluding carboxylic acids is 1. The Morgan fingerprint density at radius 2 is 1.85 bits per heavy atom. The van der Waals surface area contributed by atoms with Crippen LogP contribution in [-0.4, -0.2) is 81.7 Å². The van der Waals surface area contributed by atoms with Gasteiger partial charge in [0, 0.05) is 31.7 Å². The number of anilines is 1. The Bertz CT molecular complexity index is 1170. The van der Waals surface area contributed by atoms with E-state index in [0.29, 0.717) is 29.9 Å². The molecule has 2 aromatic rings. The number of piperidine rings is 1. The SMILES string of the molecule is CCN(C(=O)c1cc(F)ccc1Oc1cncnc1NCC1CCN(C[C@H]2CC[C@H](NC(=O)O)CC2)CC1)C(C)C. The van der Waals surface area contributed by atoms with Gasteiger partial charge in [-0.05, 0) is 102 Å². The van der Waals surface area contributed by atoms with Crippen molar-refractivity contribution in [3.05, 3.63) is 42.1 Å². The minimum Gasteiger partial charge on any atom is -0.465 e. The third-order valence-electron chi connectivity index (χ3n) is 8.25. The molecule has 2 heterocycles. The summed E-state index contributed by atoms with van der Waals surface area (Å²) in [4.78, 5) is 36.8. The second-order valence-electron chi connectivity index (χ2n) is 11.5. The van der Waals surface area contributed by atoms with E-state index in [-0.39, 0.29) is 29.3 Å². The van der Waals surface area contributed by atoms with E-state index in [0.717, 1.165) is 64.7 Å². The lowest BCUT2D eigenvalue weighted by Gasteiger charge is -2.36. The Balaban J connectivity index is 1.30. The number of ether oxygens (including phenoxy) is 1. The predicted octanol–water partition coefficient (Wildman–Crippen LogP) is 5.23. The number of likely N-dealkylation sites (tertiary alicyclic amines) is 1. The molecule has 10 nitrogen and oxygen atoms in total. The summed E-state index contributed by atoms with van der Waals surface area (Å²) in [5.74, 6) is 1.49. The van der Waals surface area contributed by atoms with Gasteiger partial charge in [-0.1, -0.05) is 0 Å². The van der Waals surface area contributed by atoms with Crippen molar-refractivity contribution in [3.8, 4) is 11.5 Å². The number of nitrogens with one attached hydrogen (secondary N) is 2. The Morgan fingerprint density at radius 1 is 1.12 bits per heavy atom. The number of aromatic nitrogens is 2. The van der Waals surface area contributed by atoms with Crippen molar-refractivity contribution in [2.24, 2.45) is 11.8 Å². The summed E-state index contributed by atoms with van der Waals surface area (Å²) in [7, 11) is 0. The highest BCUT2D eigenvalue weighted by Crippen LogP contribution is 2.32. The molecule has 1 aliphatic carbocycles. The predicted molar refractivity (Wildman–Crippen MR) is 155 cm³/mol. The van der Waals surface area contributed by atoms with Gasteiger partial charge in [0.05, 0.1) is 11.8 Å². The molecule has 1 aromatic carbocycles. The summed E-state index contributed by atoms with van der Waals surface area (Å²) in [6.45, 7) is 10.1. The smallest absolute Gasteiger partial charge is 0.404 e. The fourth-order valence-electron chi connectivity index (χ4n) is 5.94. The van der Waals surface area contributed by atoms with Gasteiger partial charge in [0.15, 0.2) is 11.6 Å². The molecule has 0 radical (unpaired) electrons. The molecular formula is C30H43FN6O4. The second kappa shape index (κ2) is 14.4. The third kappa shape index (κ3) is 8.51. The zero-order valence-corrected chi connectivity index (χ0v) is 24.3. The maximum Gasteiger partial charge on any atom is 0.404 e. The van der Waals surface area contributed by atoms with Crippen LogP contribution in [0.15, 0.2) is 30.7 Å². The summed E-state index contributed by atoms with van der Waals surface area (Å²) < 4.78 is 20.3. The molecular weight excluding hydrogens is 527 g/mol. The van der Waals surface area contributed by atoms with Crippen molar-refractivity contribution in [1.82, 2.24) is 25.1 Å². The molecule has 0 spiro atoms. The van der Waals surface area contributed by atoms with Gasteiger partial charge < -0.3 is 30.3 Å². The molecule has 2 amide bonds. The number of carbonyl (C=O) groups is 2. The first-order valence-corrected chi connectivity index (χ1v) is 14.8. The first kappa shape index (κ1) is 30.5. The van der Waals surface area contributed by atoms with Crippen molar-refractivity contribution in [2.45, 2.75) is 71.4 Å². The van der Waals surface area contributed by atoms with Gasteiger partial charge in [-0.3, -0.25) is 4.79 Å². The molecule has 1 aromatic heterocycles. The van der Waals surface area contributed by atoms with Crippen LogP contribution in [-0.2, 0) is 0 Å². The van der Waals surface area contributed by atoms with E-state index < -0.39 is 11.9 Å². The molecule has 11 heteroatoms. The molecule has 1 saturated heterocycles. The number of amides is 2. The highest BCUT2D eigenvalue weighted by Gasteiger charge is 2.27. The van der Waals surface area contributed by atoms with Gasteiger partial charge in [-0.2, -0.15) is 0 Å². The van der Waals surface area contributed by atoms with E-state index >= 15 is 0 Å². The van der Waals surface area contributed by atoms with E-state index in [1.54, 1.807) is 11.1 Å². The van der Waals surface area contributed by atoms with Crippen LogP contribution in [0, 0.1) is 17.7 Å². The molecule has 2 aliphatic rings. The normalized spacial score (nSPS) is 20.0. The number of nitrogens with zero attached hydrogens (tertiary/aromatic N) is 4. The maximum atomic E-state index is 14.1. The molecule has 2 fully saturated rings. The molecule has 1 aliphatic heterocycles. The Morgan fingerprint density at radius 3 is 2.51 bits per heavy atom.